The molecule has 0 aliphatic heterocycles. The molecule has 4 rings (SSSR count). The van der Waals surface area contributed by atoms with E-state index in [1.807, 2.05) is 42.5 Å². The van der Waals surface area contributed by atoms with Gasteiger partial charge in [0.2, 0.25) is 5.91 Å². The topological polar surface area (TPSA) is 54.1 Å². The number of H-pyrrole nitrogens is 1. The molecule has 1 atom stereocenters. The van der Waals surface area contributed by atoms with Crippen molar-refractivity contribution in [2.75, 3.05) is 7.11 Å². The second kappa shape index (κ2) is 9.52. The highest BCUT2D eigenvalue weighted by molar-refractivity contribution is 5.88. The highest BCUT2D eigenvalue weighted by Crippen LogP contribution is 2.35. The SMILES string of the molecule is CCc1cccc2c([C@@H](CC(=O)NCc3ccccc3)c3ccc(OC)cc3)c[nH]c12. The molecule has 4 aromatic rings. The Labute approximate surface area is 183 Å². The molecule has 4 heteroatoms. The summed E-state index contributed by atoms with van der Waals surface area (Å²) in [5.74, 6) is 0.788. The molecule has 3 aromatic carbocycles. The predicted molar refractivity (Wildman–Crippen MR) is 125 cm³/mol. The Morgan fingerprint density at radius 2 is 1.77 bits per heavy atom. The Balaban J connectivity index is 1.64. The van der Waals surface area contributed by atoms with E-state index in [1.54, 1.807) is 7.11 Å². The van der Waals surface area contributed by atoms with Crippen molar-refractivity contribution in [2.24, 2.45) is 0 Å². The number of amides is 1. The Morgan fingerprint density at radius 3 is 2.48 bits per heavy atom. The average Bonchev–Trinajstić information content (AvgIpc) is 3.26. The van der Waals surface area contributed by atoms with Crippen LogP contribution in [-0.4, -0.2) is 18.0 Å². The second-order valence-electron chi connectivity index (χ2n) is 7.73. The van der Waals surface area contributed by atoms with Crippen molar-refractivity contribution in [2.45, 2.75) is 32.2 Å². The predicted octanol–water partition coefficient (Wildman–Crippen LogP) is 5.58. The summed E-state index contributed by atoms with van der Waals surface area (Å²) in [5.41, 5.74) is 5.77. The molecule has 4 nitrogen and oxygen atoms in total. The number of aromatic amines is 1. The van der Waals surface area contributed by atoms with Crippen molar-refractivity contribution < 1.29 is 9.53 Å². The van der Waals surface area contributed by atoms with Crippen LogP contribution in [-0.2, 0) is 17.8 Å². The van der Waals surface area contributed by atoms with Gasteiger partial charge in [0.15, 0.2) is 0 Å². The lowest BCUT2D eigenvalue weighted by molar-refractivity contribution is -0.121. The van der Waals surface area contributed by atoms with Gasteiger partial charge >= 0.3 is 0 Å². The van der Waals surface area contributed by atoms with Crippen LogP contribution in [0.2, 0.25) is 0 Å². The summed E-state index contributed by atoms with van der Waals surface area (Å²) in [6.45, 7) is 2.69. The first-order valence-corrected chi connectivity index (χ1v) is 10.7. The molecule has 2 N–H and O–H groups in total. The fraction of sp³-hybridized carbons (Fsp3) is 0.222. The summed E-state index contributed by atoms with van der Waals surface area (Å²) in [7, 11) is 1.66. The lowest BCUT2D eigenvalue weighted by Gasteiger charge is -2.18. The van der Waals surface area contributed by atoms with Crippen molar-refractivity contribution in [3.8, 4) is 5.75 Å². The number of fused-ring (bicyclic) bond motifs is 1. The van der Waals surface area contributed by atoms with Gasteiger partial charge in [-0.1, -0.05) is 67.6 Å². The number of rotatable bonds is 8. The third-order valence-corrected chi connectivity index (χ3v) is 5.83. The van der Waals surface area contributed by atoms with Gasteiger partial charge in [-0.2, -0.15) is 0 Å². The van der Waals surface area contributed by atoms with E-state index >= 15 is 0 Å². The van der Waals surface area contributed by atoms with Crippen molar-refractivity contribution in [1.29, 1.82) is 0 Å². The Morgan fingerprint density at radius 1 is 1.00 bits per heavy atom. The maximum Gasteiger partial charge on any atom is 0.221 e. The molecule has 0 radical (unpaired) electrons. The number of hydrogen-bond donors (Lipinski definition) is 2. The van der Waals surface area contributed by atoms with Crippen LogP contribution in [0.5, 0.6) is 5.75 Å². The number of hydrogen-bond acceptors (Lipinski definition) is 2. The van der Waals surface area contributed by atoms with Gasteiger partial charge in [-0.3, -0.25) is 4.79 Å². The molecule has 0 aliphatic carbocycles. The first-order chi connectivity index (χ1) is 15.2. The molecular formula is C27H28N2O2. The lowest BCUT2D eigenvalue weighted by Crippen LogP contribution is -2.25. The maximum absolute atomic E-state index is 12.9. The quantitative estimate of drug-likeness (QED) is 0.397. The van der Waals surface area contributed by atoms with Gasteiger partial charge in [0.25, 0.3) is 0 Å². The number of aromatic nitrogens is 1. The summed E-state index contributed by atoms with van der Waals surface area (Å²) in [5, 5.41) is 4.26. The van der Waals surface area contributed by atoms with E-state index in [0.717, 1.165) is 34.4 Å². The number of aryl methyl sites for hydroxylation is 1. The number of para-hydroxylation sites is 1. The van der Waals surface area contributed by atoms with E-state index in [2.05, 4.69) is 53.8 Å². The minimum Gasteiger partial charge on any atom is -0.497 e. The van der Waals surface area contributed by atoms with Crippen LogP contribution in [0, 0.1) is 0 Å². The van der Waals surface area contributed by atoms with Crippen LogP contribution in [0.15, 0.2) is 79.0 Å². The van der Waals surface area contributed by atoms with Crippen LogP contribution in [0.4, 0.5) is 0 Å². The Hall–Kier alpha value is -3.53. The van der Waals surface area contributed by atoms with Gasteiger partial charge < -0.3 is 15.0 Å². The standard InChI is InChI=1S/C27H28N2O2/c1-3-20-10-7-11-23-25(18-29-27(20)23)24(21-12-14-22(31-2)15-13-21)16-26(30)28-17-19-8-5-4-6-9-19/h4-15,18,24,29H,3,16-17H2,1-2H3,(H,28,30)/t24-/m0/s1. The lowest BCUT2D eigenvalue weighted by atomic mass is 9.87. The first kappa shape index (κ1) is 20.7. The van der Waals surface area contributed by atoms with Crippen molar-refractivity contribution >= 4 is 16.8 Å². The van der Waals surface area contributed by atoms with E-state index in [-0.39, 0.29) is 11.8 Å². The smallest absolute Gasteiger partial charge is 0.221 e. The van der Waals surface area contributed by atoms with Gasteiger partial charge in [0.1, 0.15) is 5.75 Å². The van der Waals surface area contributed by atoms with E-state index < -0.39 is 0 Å². The van der Waals surface area contributed by atoms with Gasteiger partial charge in [0, 0.05) is 36.0 Å². The number of carbonyl (C=O) groups excluding carboxylic acids is 1. The number of ether oxygens (including phenoxy) is 1. The van der Waals surface area contributed by atoms with Crippen LogP contribution < -0.4 is 10.1 Å². The zero-order chi connectivity index (χ0) is 21.6. The van der Waals surface area contributed by atoms with E-state index in [4.69, 9.17) is 4.74 Å². The summed E-state index contributed by atoms with van der Waals surface area (Å²) in [6.07, 6.45) is 3.40. The zero-order valence-electron chi connectivity index (χ0n) is 18.0. The molecule has 31 heavy (non-hydrogen) atoms. The molecule has 158 valence electrons. The average molecular weight is 413 g/mol. The fourth-order valence-corrected chi connectivity index (χ4v) is 4.12. The molecule has 0 bridgehead atoms. The number of benzene rings is 3. The van der Waals surface area contributed by atoms with Crippen molar-refractivity contribution in [1.82, 2.24) is 10.3 Å². The molecular weight excluding hydrogens is 384 g/mol. The monoisotopic (exact) mass is 412 g/mol. The van der Waals surface area contributed by atoms with Gasteiger partial charge in [-0.05, 0) is 40.8 Å². The van der Waals surface area contributed by atoms with Crippen LogP contribution in [0.1, 0.15) is 41.5 Å². The van der Waals surface area contributed by atoms with Crippen molar-refractivity contribution in [3.05, 3.63) is 101 Å². The molecule has 0 spiro atoms. The zero-order valence-corrected chi connectivity index (χ0v) is 18.0. The molecule has 0 saturated heterocycles. The van der Waals surface area contributed by atoms with Gasteiger partial charge in [0.05, 0.1) is 7.11 Å². The van der Waals surface area contributed by atoms with Crippen LogP contribution in [0.25, 0.3) is 10.9 Å². The summed E-state index contributed by atoms with van der Waals surface area (Å²) in [6, 6.07) is 24.4. The third-order valence-electron chi connectivity index (χ3n) is 5.83. The second-order valence-corrected chi connectivity index (χ2v) is 7.73. The van der Waals surface area contributed by atoms with Gasteiger partial charge in [-0.15, -0.1) is 0 Å². The van der Waals surface area contributed by atoms with Crippen LogP contribution in [0.3, 0.4) is 0 Å². The van der Waals surface area contributed by atoms with Gasteiger partial charge in [-0.25, -0.2) is 0 Å². The van der Waals surface area contributed by atoms with E-state index in [9.17, 15) is 4.79 Å². The highest BCUT2D eigenvalue weighted by Gasteiger charge is 2.22. The summed E-state index contributed by atoms with van der Waals surface area (Å²) >= 11 is 0. The largest absolute Gasteiger partial charge is 0.497 e. The van der Waals surface area contributed by atoms with E-state index in [0.29, 0.717) is 13.0 Å². The molecule has 1 amide bonds. The molecule has 0 aliphatic rings. The Kier molecular flexibility index (Phi) is 6.37. The number of nitrogens with one attached hydrogen (secondary N) is 2. The molecule has 1 heterocycles. The first-order valence-electron chi connectivity index (χ1n) is 10.7. The summed E-state index contributed by atoms with van der Waals surface area (Å²) in [4.78, 5) is 16.4. The van der Waals surface area contributed by atoms with Crippen molar-refractivity contribution in [3.63, 3.8) is 0 Å². The normalized spacial score (nSPS) is 11.9. The number of carbonyl (C=O) groups is 1. The highest BCUT2D eigenvalue weighted by atomic mass is 16.5. The minimum atomic E-state index is -0.0532. The summed E-state index contributed by atoms with van der Waals surface area (Å²) < 4.78 is 5.32. The molecule has 1 aromatic heterocycles. The van der Waals surface area contributed by atoms with Crippen LogP contribution >= 0.6 is 0 Å². The molecule has 0 fully saturated rings. The number of methoxy groups -OCH3 is 1. The maximum atomic E-state index is 12.9. The minimum absolute atomic E-state index is 0.0330. The van der Waals surface area contributed by atoms with E-state index in [1.165, 1.54) is 10.9 Å². The molecule has 0 unspecified atom stereocenters. The Bertz CT molecular complexity index is 1150. The fourth-order valence-electron chi connectivity index (χ4n) is 4.12. The molecule has 0 saturated carbocycles. The third kappa shape index (κ3) is 4.64.